The van der Waals surface area contributed by atoms with Crippen molar-refractivity contribution in [2.75, 3.05) is 5.32 Å². The topological polar surface area (TPSA) is 42.7 Å². The first kappa shape index (κ1) is 13.0. The molecule has 4 nitrogen and oxygen atoms in total. The van der Waals surface area contributed by atoms with Crippen molar-refractivity contribution in [2.24, 2.45) is 0 Å². The van der Waals surface area contributed by atoms with E-state index >= 15 is 0 Å². The summed E-state index contributed by atoms with van der Waals surface area (Å²) in [5.74, 6) is 0.525. The third-order valence-electron chi connectivity index (χ3n) is 4.09. The molecule has 1 aliphatic heterocycles. The van der Waals surface area contributed by atoms with Gasteiger partial charge in [0.05, 0.1) is 12.1 Å². The molecule has 5 heteroatoms. The minimum atomic E-state index is -0.220. The lowest BCUT2D eigenvalue weighted by molar-refractivity contribution is 0.430. The van der Waals surface area contributed by atoms with E-state index in [-0.39, 0.29) is 17.9 Å². The molecule has 0 spiro atoms. The highest BCUT2D eigenvalue weighted by Gasteiger charge is 2.29. The van der Waals surface area contributed by atoms with Gasteiger partial charge < -0.3 is 5.32 Å². The molecule has 110 valence electrons. The van der Waals surface area contributed by atoms with E-state index in [4.69, 9.17) is 0 Å². The number of hydrogen-bond donors (Lipinski definition) is 1. The first-order valence-electron chi connectivity index (χ1n) is 7.28. The van der Waals surface area contributed by atoms with E-state index in [1.54, 1.807) is 6.33 Å². The molecule has 0 unspecified atom stereocenters. The van der Waals surface area contributed by atoms with E-state index in [1.807, 2.05) is 35.0 Å². The van der Waals surface area contributed by atoms with Gasteiger partial charge in [-0.05, 0) is 29.7 Å². The second-order valence-electron chi connectivity index (χ2n) is 5.44. The number of nitrogens with zero attached hydrogens (tertiary/aromatic N) is 3. The van der Waals surface area contributed by atoms with E-state index < -0.39 is 0 Å². The zero-order valence-electron chi connectivity index (χ0n) is 11.9. The number of anilines is 1. The Labute approximate surface area is 127 Å². The Morgan fingerprint density at radius 1 is 1.00 bits per heavy atom. The zero-order chi connectivity index (χ0) is 14.9. The molecule has 0 aliphatic carbocycles. The van der Waals surface area contributed by atoms with Gasteiger partial charge in [0.15, 0.2) is 0 Å². The summed E-state index contributed by atoms with van der Waals surface area (Å²) in [4.78, 5) is 4.29. The molecule has 1 aliphatic rings. The molecule has 0 saturated heterocycles. The average molecular weight is 294 g/mol. The van der Waals surface area contributed by atoms with Gasteiger partial charge in [-0.2, -0.15) is 10.1 Å². The maximum absolute atomic E-state index is 13.1. The lowest BCUT2D eigenvalue weighted by Crippen LogP contribution is -2.28. The molecule has 2 aromatic carbocycles. The van der Waals surface area contributed by atoms with Crippen LogP contribution >= 0.6 is 0 Å². The SMILES string of the molecule is Fc1ccc([C@H]2C[C@@H](c3ccccc3)n3ncnc3N2)cc1. The molecule has 4 rings (SSSR count). The highest BCUT2D eigenvalue weighted by molar-refractivity contribution is 5.38. The van der Waals surface area contributed by atoms with Gasteiger partial charge in [-0.1, -0.05) is 42.5 Å². The quantitative estimate of drug-likeness (QED) is 0.786. The zero-order valence-corrected chi connectivity index (χ0v) is 11.9. The summed E-state index contributed by atoms with van der Waals surface area (Å²) in [5.41, 5.74) is 2.25. The predicted molar refractivity (Wildman–Crippen MR) is 82.0 cm³/mol. The Kier molecular flexibility index (Phi) is 3.11. The largest absolute Gasteiger partial charge is 0.348 e. The highest BCUT2D eigenvalue weighted by atomic mass is 19.1. The number of halogens is 1. The van der Waals surface area contributed by atoms with Crippen molar-refractivity contribution in [3.8, 4) is 0 Å². The lowest BCUT2D eigenvalue weighted by Gasteiger charge is -2.31. The number of fused-ring (bicyclic) bond motifs is 1. The highest BCUT2D eigenvalue weighted by Crippen LogP contribution is 2.37. The summed E-state index contributed by atoms with van der Waals surface area (Å²) >= 11 is 0. The molecule has 0 amide bonds. The van der Waals surface area contributed by atoms with Gasteiger partial charge in [-0.25, -0.2) is 9.07 Å². The van der Waals surface area contributed by atoms with Crippen LogP contribution in [0.5, 0.6) is 0 Å². The molecule has 1 N–H and O–H groups in total. The van der Waals surface area contributed by atoms with Crippen LogP contribution in [-0.2, 0) is 0 Å². The maximum atomic E-state index is 13.1. The standard InChI is InChI=1S/C17H15FN4/c18-14-8-6-12(7-9-14)15-10-16(13-4-2-1-3-5-13)22-17(21-15)19-11-20-22/h1-9,11,15-16H,10H2,(H,19,20,21)/t15-,16+/m1/s1. The van der Waals surface area contributed by atoms with Gasteiger partial charge in [-0.3, -0.25) is 0 Å². The fourth-order valence-corrected chi connectivity index (χ4v) is 2.99. The molecule has 2 atom stereocenters. The third kappa shape index (κ3) is 2.24. The Bertz CT molecular complexity index is 767. The van der Waals surface area contributed by atoms with Gasteiger partial charge in [0.25, 0.3) is 0 Å². The normalized spacial score (nSPS) is 20.2. The van der Waals surface area contributed by atoms with Crippen LogP contribution in [0.4, 0.5) is 10.3 Å². The van der Waals surface area contributed by atoms with E-state index in [9.17, 15) is 4.39 Å². The van der Waals surface area contributed by atoms with Crippen LogP contribution in [0.1, 0.15) is 29.6 Å². The van der Waals surface area contributed by atoms with Crippen molar-refractivity contribution in [2.45, 2.75) is 18.5 Å². The van der Waals surface area contributed by atoms with Gasteiger partial charge >= 0.3 is 0 Å². The lowest BCUT2D eigenvalue weighted by atomic mass is 9.93. The van der Waals surface area contributed by atoms with Crippen LogP contribution in [0.25, 0.3) is 0 Å². The molecule has 2 heterocycles. The van der Waals surface area contributed by atoms with Crippen LogP contribution in [0.2, 0.25) is 0 Å². The van der Waals surface area contributed by atoms with E-state index in [0.29, 0.717) is 0 Å². The molecular formula is C17H15FN4. The Hall–Kier alpha value is -2.69. The monoisotopic (exact) mass is 294 g/mol. The van der Waals surface area contributed by atoms with Crippen LogP contribution in [0.15, 0.2) is 60.9 Å². The number of nitrogens with one attached hydrogen (secondary N) is 1. The Balaban J connectivity index is 1.72. The fraction of sp³-hybridized carbons (Fsp3) is 0.176. The molecule has 1 aromatic heterocycles. The van der Waals surface area contributed by atoms with Gasteiger partial charge in [0.1, 0.15) is 12.1 Å². The average Bonchev–Trinajstić information content (AvgIpc) is 3.04. The summed E-state index contributed by atoms with van der Waals surface area (Å²) in [6.45, 7) is 0. The van der Waals surface area contributed by atoms with E-state index in [2.05, 4.69) is 27.5 Å². The third-order valence-corrected chi connectivity index (χ3v) is 4.09. The smallest absolute Gasteiger partial charge is 0.222 e. The minimum absolute atomic E-state index is 0.0857. The number of benzene rings is 2. The summed E-state index contributed by atoms with van der Waals surface area (Å²) in [6, 6.07) is 17.1. The van der Waals surface area contributed by atoms with Crippen molar-refractivity contribution in [3.63, 3.8) is 0 Å². The number of aromatic nitrogens is 3. The maximum Gasteiger partial charge on any atom is 0.222 e. The van der Waals surface area contributed by atoms with Crippen LogP contribution in [-0.4, -0.2) is 14.8 Å². The minimum Gasteiger partial charge on any atom is -0.348 e. The van der Waals surface area contributed by atoms with Gasteiger partial charge in [-0.15, -0.1) is 0 Å². The molecule has 3 aromatic rings. The fourth-order valence-electron chi connectivity index (χ4n) is 2.99. The summed E-state index contributed by atoms with van der Waals surface area (Å²) in [5, 5.41) is 7.72. The summed E-state index contributed by atoms with van der Waals surface area (Å²) < 4.78 is 15.1. The number of rotatable bonds is 2. The van der Waals surface area contributed by atoms with Crippen LogP contribution in [0, 0.1) is 5.82 Å². The van der Waals surface area contributed by atoms with Crippen molar-refractivity contribution in [1.82, 2.24) is 14.8 Å². The Morgan fingerprint density at radius 2 is 1.77 bits per heavy atom. The predicted octanol–water partition coefficient (Wildman–Crippen LogP) is 3.56. The first-order chi connectivity index (χ1) is 10.8. The summed E-state index contributed by atoms with van der Waals surface area (Å²) in [6.07, 6.45) is 2.40. The molecule has 0 radical (unpaired) electrons. The van der Waals surface area contributed by atoms with Gasteiger partial charge in [0, 0.05) is 0 Å². The second-order valence-corrected chi connectivity index (χ2v) is 5.44. The molecular weight excluding hydrogens is 279 g/mol. The van der Waals surface area contributed by atoms with Crippen molar-refractivity contribution in [1.29, 1.82) is 0 Å². The second kappa shape index (κ2) is 5.26. The molecule has 0 saturated carbocycles. The van der Waals surface area contributed by atoms with Gasteiger partial charge in [0.2, 0.25) is 5.95 Å². The van der Waals surface area contributed by atoms with E-state index in [0.717, 1.165) is 17.9 Å². The van der Waals surface area contributed by atoms with Crippen LogP contribution in [0.3, 0.4) is 0 Å². The van der Waals surface area contributed by atoms with Crippen molar-refractivity contribution < 1.29 is 4.39 Å². The molecule has 0 fully saturated rings. The first-order valence-corrected chi connectivity index (χ1v) is 7.28. The molecule has 22 heavy (non-hydrogen) atoms. The van der Waals surface area contributed by atoms with Crippen LogP contribution < -0.4 is 5.32 Å². The summed E-state index contributed by atoms with van der Waals surface area (Å²) in [7, 11) is 0. The van der Waals surface area contributed by atoms with E-state index in [1.165, 1.54) is 17.7 Å². The molecule has 0 bridgehead atoms. The van der Waals surface area contributed by atoms with Crippen molar-refractivity contribution >= 4 is 5.95 Å². The Morgan fingerprint density at radius 3 is 2.55 bits per heavy atom. The van der Waals surface area contributed by atoms with Crippen molar-refractivity contribution in [3.05, 3.63) is 77.9 Å². The number of hydrogen-bond acceptors (Lipinski definition) is 3.